The summed E-state index contributed by atoms with van der Waals surface area (Å²) in [5.74, 6) is 0.266. The lowest BCUT2D eigenvalue weighted by atomic mass is 10.1. The molecule has 1 atom stereocenters. The van der Waals surface area contributed by atoms with Gasteiger partial charge in [0.25, 0.3) is 0 Å². The number of carbonyl (C=O) groups excluding carboxylic acids is 1. The van der Waals surface area contributed by atoms with Crippen LogP contribution in [0.1, 0.15) is 24.4 Å². The third-order valence-electron chi connectivity index (χ3n) is 3.10. The second kappa shape index (κ2) is 6.41. The number of aryl methyl sites for hydroxylation is 1. The quantitative estimate of drug-likeness (QED) is 0.676. The van der Waals surface area contributed by atoms with E-state index in [1.54, 1.807) is 19.1 Å². The molecule has 4 nitrogen and oxygen atoms in total. The van der Waals surface area contributed by atoms with Crippen LogP contribution in [0.15, 0.2) is 53.0 Å². The van der Waals surface area contributed by atoms with Gasteiger partial charge in [-0.05, 0) is 26.0 Å². The minimum atomic E-state index is -1.21. The topological polar surface area (TPSA) is 59.7 Å². The van der Waals surface area contributed by atoms with Crippen molar-refractivity contribution in [1.29, 1.82) is 0 Å². The summed E-state index contributed by atoms with van der Waals surface area (Å²) >= 11 is 0. The number of hydrogen-bond donors (Lipinski definition) is 1. The van der Waals surface area contributed by atoms with E-state index in [2.05, 4.69) is 6.58 Å². The van der Waals surface area contributed by atoms with Crippen LogP contribution >= 0.6 is 0 Å². The zero-order chi connectivity index (χ0) is 15.4. The van der Waals surface area contributed by atoms with Crippen LogP contribution in [0.4, 0.5) is 0 Å². The number of esters is 1. The summed E-state index contributed by atoms with van der Waals surface area (Å²) in [4.78, 5) is 11.5. The predicted octanol–water partition coefficient (Wildman–Crippen LogP) is 3.41. The van der Waals surface area contributed by atoms with Gasteiger partial charge in [-0.25, -0.2) is 4.79 Å². The zero-order valence-corrected chi connectivity index (χ0v) is 12.1. The maximum atomic E-state index is 11.5. The van der Waals surface area contributed by atoms with Crippen molar-refractivity contribution in [2.75, 3.05) is 6.61 Å². The standard InChI is InChI=1S/C17H18O4/c1-4-20-17(19)12(3)16(18)15-10-9-14(21-15)13-7-5-11(2)6-8-13/h5-10,16,18H,3-4H2,1-2H3. The molecule has 1 aromatic heterocycles. The van der Waals surface area contributed by atoms with Crippen molar-refractivity contribution in [3.8, 4) is 11.3 Å². The molecule has 0 fully saturated rings. The Kier molecular flexibility index (Phi) is 4.60. The average molecular weight is 286 g/mol. The monoisotopic (exact) mass is 286 g/mol. The summed E-state index contributed by atoms with van der Waals surface area (Å²) in [6, 6.07) is 11.2. The van der Waals surface area contributed by atoms with E-state index >= 15 is 0 Å². The number of furan rings is 1. The van der Waals surface area contributed by atoms with Gasteiger partial charge in [0.1, 0.15) is 17.6 Å². The number of benzene rings is 1. The molecule has 2 rings (SSSR count). The summed E-state index contributed by atoms with van der Waals surface area (Å²) in [7, 11) is 0. The highest BCUT2D eigenvalue weighted by atomic mass is 16.5. The Balaban J connectivity index is 2.17. The second-order valence-corrected chi connectivity index (χ2v) is 4.72. The molecule has 0 spiro atoms. The van der Waals surface area contributed by atoms with Gasteiger partial charge >= 0.3 is 5.97 Å². The van der Waals surface area contributed by atoms with E-state index in [0.29, 0.717) is 5.76 Å². The number of ether oxygens (including phenoxy) is 1. The summed E-state index contributed by atoms with van der Waals surface area (Å²) in [6.07, 6.45) is -1.21. The molecule has 1 heterocycles. The largest absolute Gasteiger partial charge is 0.463 e. The molecule has 0 saturated heterocycles. The summed E-state index contributed by atoms with van der Waals surface area (Å²) < 4.78 is 10.4. The van der Waals surface area contributed by atoms with Crippen LogP contribution in [0, 0.1) is 6.92 Å². The molecule has 110 valence electrons. The number of aliphatic hydroxyl groups excluding tert-OH is 1. The van der Waals surface area contributed by atoms with E-state index in [0.717, 1.165) is 11.1 Å². The first kappa shape index (κ1) is 15.1. The lowest BCUT2D eigenvalue weighted by molar-refractivity contribution is -0.139. The van der Waals surface area contributed by atoms with E-state index in [9.17, 15) is 9.90 Å². The molecule has 21 heavy (non-hydrogen) atoms. The van der Waals surface area contributed by atoms with Crippen molar-refractivity contribution >= 4 is 5.97 Å². The molecule has 0 aliphatic carbocycles. The first-order valence-electron chi connectivity index (χ1n) is 6.73. The summed E-state index contributed by atoms with van der Waals surface area (Å²) in [6.45, 7) is 7.49. The van der Waals surface area contributed by atoms with E-state index in [4.69, 9.17) is 9.15 Å². The molecule has 0 saturated carbocycles. The molecule has 1 unspecified atom stereocenters. The van der Waals surface area contributed by atoms with Crippen LogP contribution in [0.25, 0.3) is 11.3 Å². The Hall–Kier alpha value is -2.33. The molecule has 0 aliphatic heterocycles. The minimum absolute atomic E-state index is 0.0401. The predicted molar refractivity (Wildman–Crippen MR) is 79.6 cm³/mol. The van der Waals surface area contributed by atoms with Crippen LogP contribution in [0.2, 0.25) is 0 Å². The van der Waals surface area contributed by atoms with Crippen molar-refractivity contribution in [2.45, 2.75) is 20.0 Å². The van der Waals surface area contributed by atoms with Crippen molar-refractivity contribution in [1.82, 2.24) is 0 Å². The first-order chi connectivity index (χ1) is 10.0. The van der Waals surface area contributed by atoms with Crippen molar-refractivity contribution in [3.05, 3.63) is 59.9 Å². The van der Waals surface area contributed by atoms with Gasteiger partial charge in [-0.2, -0.15) is 0 Å². The van der Waals surface area contributed by atoms with Crippen LogP contribution in [-0.2, 0) is 9.53 Å². The number of hydrogen-bond acceptors (Lipinski definition) is 4. The Morgan fingerprint density at radius 1 is 1.29 bits per heavy atom. The maximum absolute atomic E-state index is 11.5. The third kappa shape index (κ3) is 3.41. The lowest BCUT2D eigenvalue weighted by Crippen LogP contribution is -2.13. The van der Waals surface area contributed by atoms with Gasteiger partial charge in [0.15, 0.2) is 0 Å². The van der Waals surface area contributed by atoms with Gasteiger partial charge in [0.2, 0.25) is 0 Å². The Labute approximate surface area is 123 Å². The molecule has 1 N–H and O–H groups in total. The smallest absolute Gasteiger partial charge is 0.336 e. The van der Waals surface area contributed by atoms with E-state index in [-0.39, 0.29) is 17.9 Å². The number of carbonyl (C=O) groups is 1. The van der Waals surface area contributed by atoms with E-state index in [1.165, 1.54) is 0 Å². The fourth-order valence-corrected chi connectivity index (χ4v) is 1.88. The zero-order valence-electron chi connectivity index (χ0n) is 12.1. The fraction of sp³-hybridized carbons (Fsp3) is 0.235. The van der Waals surface area contributed by atoms with Crippen LogP contribution in [0.3, 0.4) is 0 Å². The molecule has 0 bridgehead atoms. The third-order valence-corrected chi connectivity index (χ3v) is 3.10. The lowest BCUT2D eigenvalue weighted by Gasteiger charge is -2.10. The van der Waals surface area contributed by atoms with Crippen LogP contribution in [0.5, 0.6) is 0 Å². The van der Waals surface area contributed by atoms with Gasteiger partial charge in [-0.1, -0.05) is 36.4 Å². The average Bonchev–Trinajstić information content (AvgIpc) is 2.96. The Bertz CT molecular complexity index is 637. The highest BCUT2D eigenvalue weighted by Crippen LogP contribution is 2.28. The van der Waals surface area contributed by atoms with Crippen LogP contribution in [-0.4, -0.2) is 17.7 Å². The van der Waals surface area contributed by atoms with Gasteiger partial charge in [-0.15, -0.1) is 0 Å². The molecular formula is C17H18O4. The van der Waals surface area contributed by atoms with E-state index in [1.807, 2.05) is 31.2 Å². The normalized spacial score (nSPS) is 12.0. The maximum Gasteiger partial charge on any atom is 0.336 e. The van der Waals surface area contributed by atoms with Gasteiger partial charge in [0, 0.05) is 5.56 Å². The van der Waals surface area contributed by atoms with Gasteiger partial charge in [0.05, 0.1) is 12.2 Å². The molecule has 1 aromatic carbocycles. The highest BCUT2D eigenvalue weighted by Gasteiger charge is 2.22. The SMILES string of the molecule is C=C(C(=O)OCC)C(O)c1ccc(-c2ccc(C)cc2)o1. The number of aliphatic hydroxyl groups is 1. The van der Waals surface area contributed by atoms with Gasteiger partial charge in [-0.3, -0.25) is 0 Å². The van der Waals surface area contributed by atoms with Crippen molar-refractivity contribution in [3.63, 3.8) is 0 Å². The first-order valence-corrected chi connectivity index (χ1v) is 6.73. The molecule has 2 aromatic rings. The second-order valence-electron chi connectivity index (χ2n) is 4.72. The Morgan fingerprint density at radius 2 is 1.95 bits per heavy atom. The van der Waals surface area contributed by atoms with Crippen LogP contribution < -0.4 is 0 Å². The summed E-state index contributed by atoms with van der Waals surface area (Å²) in [5, 5.41) is 10.1. The molecule has 0 aliphatic rings. The molecular weight excluding hydrogens is 268 g/mol. The Morgan fingerprint density at radius 3 is 2.57 bits per heavy atom. The van der Waals surface area contributed by atoms with Crippen molar-refractivity contribution < 1.29 is 19.1 Å². The number of rotatable bonds is 5. The molecule has 0 radical (unpaired) electrons. The highest BCUT2D eigenvalue weighted by molar-refractivity contribution is 5.88. The minimum Gasteiger partial charge on any atom is -0.463 e. The summed E-state index contributed by atoms with van der Waals surface area (Å²) in [5.41, 5.74) is 2.02. The fourth-order valence-electron chi connectivity index (χ4n) is 1.88. The van der Waals surface area contributed by atoms with Gasteiger partial charge < -0.3 is 14.3 Å². The van der Waals surface area contributed by atoms with Crippen molar-refractivity contribution in [2.24, 2.45) is 0 Å². The molecule has 0 amide bonds. The van der Waals surface area contributed by atoms with E-state index < -0.39 is 12.1 Å². The molecule has 4 heteroatoms.